The van der Waals surface area contributed by atoms with Gasteiger partial charge >= 0.3 is 0 Å². The SMILES string of the molecule is COc1cccc(NC(=O)COc2ccc(C(=O)N3CCN(C)c4ccccc4C3)cc2)c1. The number of rotatable bonds is 6. The first-order valence-electron chi connectivity index (χ1n) is 10.8. The first-order chi connectivity index (χ1) is 16.0. The van der Waals surface area contributed by atoms with E-state index in [1.807, 2.05) is 24.1 Å². The number of benzene rings is 3. The number of hydrogen-bond donors (Lipinski definition) is 1. The predicted octanol–water partition coefficient (Wildman–Crippen LogP) is 3.80. The Labute approximate surface area is 193 Å². The average Bonchev–Trinajstić information content (AvgIpc) is 3.02. The highest BCUT2D eigenvalue weighted by atomic mass is 16.5. The number of nitrogens with zero attached hydrogens (tertiary/aromatic N) is 2. The molecular formula is C26H27N3O4. The third-order valence-electron chi connectivity index (χ3n) is 5.58. The molecule has 7 nitrogen and oxygen atoms in total. The van der Waals surface area contributed by atoms with Gasteiger partial charge in [0.2, 0.25) is 0 Å². The van der Waals surface area contributed by atoms with Crippen molar-refractivity contribution in [2.75, 3.05) is 44.1 Å². The Balaban J connectivity index is 1.34. The fourth-order valence-electron chi connectivity index (χ4n) is 3.79. The van der Waals surface area contributed by atoms with Gasteiger partial charge in [0.25, 0.3) is 11.8 Å². The summed E-state index contributed by atoms with van der Waals surface area (Å²) in [5.41, 5.74) is 3.51. The Morgan fingerprint density at radius 3 is 2.52 bits per heavy atom. The summed E-state index contributed by atoms with van der Waals surface area (Å²) in [6, 6.07) is 22.2. The fourth-order valence-corrected chi connectivity index (χ4v) is 3.79. The van der Waals surface area contributed by atoms with Gasteiger partial charge in [0.15, 0.2) is 6.61 Å². The van der Waals surface area contributed by atoms with Crippen LogP contribution in [-0.4, -0.2) is 50.6 Å². The highest BCUT2D eigenvalue weighted by Gasteiger charge is 2.22. The molecule has 1 aliphatic rings. The van der Waals surface area contributed by atoms with Gasteiger partial charge in [-0.2, -0.15) is 0 Å². The van der Waals surface area contributed by atoms with E-state index in [0.717, 1.165) is 17.8 Å². The number of anilines is 2. The topological polar surface area (TPSA) is 71.1 Å². The number of para-hydroxylation sites is 1. The van der Waals surface area contributed by atoms with Gasteiger partial charge in [-0.05, 0) is 48.0 Å². The van der Waals surface area contributed by atoms with Crippen LogP contribution in [0.1, 0.15) is 15.9 Å². The van der Waals surface area contributed by atoms with Gasteiger partial charge < -0.3 is 24.6 Å². The first kappa shape index (κ1) is 22.2. The van der Waals surface area contributed by atoms with Gasteiger partial charge in [-0.3, -0.25) is 9.59 Å². The van der Waals surface area contributed by atoms with Crippen LogP contribution in [0.25, 0.3) is 0 Å². The highest BCUT2D eigenvalue weighted by molar-refractivity contribution is 5.94. The zero-order valence-electron chi connectivity index (χ0n) is 18.8. The van der Waals surface area contributed by atoms with Crippen LogP contribution >= 0.6 is 0 Å². The number of carbonyl (C=O) groups excluding carboxylic acids is 2. The molecule has 33 heavy (non-hydrogen) atoms. The number of nitrogens with one attached hydrogen (secondary N) is 1. The molecule has 4 rings (SSSR count). The van der Waals surface area contributed by atoms with Crippen LogP contribution in [0.2, 0.25) is 0 Å². The fraction of sp³-hybridized carbons (Fsp3) is 0.231. The molecule has 7 heteroatoms. The maximum Gasteiger partial charge on any atom is 0.262 e. The van der Waals surface area contributed by atoms with Crippen LogP contribution in [0.4, 0.5) is 11.4 Å². The summed E-state index contributed by atoms with van der Waals surface area (Å²) in [5, 5.41) is 2.77. The largest absolute Gasteiger partial charge is 0.497 e. The number of fused-ring (bicyclic) bond motifs is 1. The molecular weight excluding hydrogens is 418 g/mol. The quantitative estimate of drug-likeness (QED) is 0.625. The second-order valence-corrected chi connectivity index (χ2v) is 7.87. The van der Waals surface area contributed by atoms with Crippen molar-refractivity contribution in [3.05, 3.63) is 83.9 Å². The lowest BCUT2D eigenvalue weighted by atomic mass is 10.1. The van der Waals surface area contributed by atoms with Crippen LogP contribution in [0.5, 0.6) is 11.5 Å². The standard InChI is InChI=1S/C26H27N3O4/c1-28-14-15-29(17-20-6-3-4-9-24(20)28)26(31)19-10-12-22(13-11-19)33-18-25(30)27-21-7-5-8-23(16-21)32-2/h3-13,16H,14-15,17-18H2,1-2H3,(H,27,30). The lowest BCUT2D eigenvalue weighted by molar-refractivity contribution is -0.118. The van der Waals surface area contributed by atoms with E-state index in [1.165, 1.54) is 0 Å². The zero-order chi connectivity index (χ0) is 23.2. The monoisotopic (exact) mass is 445 g/mol. The molecule has 3 aromatic carbocycles. The Hall–Kier alpha value is -4.00. The summed E-state index contributed by atoms with van der Waals surface area (Å²) in [4.78, 5) is 29.3. The van der Waals surface area contributed by atoms with E-state index < -0.39 is 0 Å². The molecule has 0 radical (unpaired) electrons. The van der Waals surface area contributed by atoms with Crippen LogP contribution < -0.4 is 19.7 Å². The number of hydrogen-bond acceptors (Lipinski definition) is 5. The van der Waals surface area contributed by atoms with Crippen LogP contribution in [-0.2, 0) is 11.3 Å². The smallest absolute Gasteiger partial charge is 0.262 e. The van der Waals surface area contributed by atoms with E-state index in [2.05, 4.69) is 22.3 Å². The molecule has 0 aromatic heterocycles. The first-order valence-corrected chi connectivity index (χ1v) is 10.8. The molecule has 3 aromatic rings. The van der Waals surface area contributed by atoms with Gasteiger partial charge in [-0.1, -0.05) is 24.3 Å². The van der Waals surface area contributed by atoms with Gasteiger partial charge in [-0.25, -0.2) is 0 Å². The number of methoxy groups -OCH3 is 1. The zero-order valence-corrected chi connectivity index (χ0v) is 18.8. The average molecular weight is 446 g/mol. The maximum absolute atomic E-state index is 13.1. The minimum Gasteiger partial charge on any atom is -0.497 e. The number of likely N-dealkylation sites (N-methyl/N-ethyl adjacent to an activating group) is 1. The van der Waals surface area contributed by atoms with Crippen LogP contribution in [0.3, 0.4) is 0 Å². The molecule has 1 N–H and O–H groups in total. The van der Waals surface area contributed by atoms with Gasteiger partial charge in [0.05, 0.1) is 7.11 Å². The molecule has 1 aliphatic heterocycles. The molecule has 0 fully saturated rings. The van der Waals surface area contributed by atoms with Crippen LogP contribution in [0, 0.1) is 0 Å². The van der Waals surface area contributed by atoms with Crippen molar-refractivity contribution < 1.29 is 19.1 Å². The third-order valence-corrected chi connectivity index (χ3v) is 5.58. The summed E-state index contributed by atoms with van der Waals surface area (Å²) >= 11 is 0. The van der Waals surface area contributed by atoms with E-state index >= 15 is 0 Å². The molecule has 0 saturated carbocycles. The summed E-state index contributed by atoms with van der Waals surface area (Å²) in [6.07, 6.45) is 0. The Bertz CT molecular complexity index is 1130. The molecule has 0 spiro atoms. The Kier molecular flexibility index (Phi) is 6.78. The van der Waals surface area contributed by atoms with Gasteiger partial charge in [0, 0.05) is 49.7 Å². The summed E-state index contributed by atoms with van der Waals surface area (Å²) in [5.74, 6) is 0.875. The second-order valence-electron chi connectivity index (χ2n) is 7.87. The molecule has 0 saturated heterocycles. The van der Waals surface area contributed by atoms with E-state index in [9.17, 15) is 9.59 Å². The van der Waals surface area contributed by atoms with Crippen molar-refractivity contribution in [1.82, 2.24) is 4.90 Å². The molecule has 1 heterocycles. The van der Waals surface area contributed by atoms with E-state index in [4.69, 9.17) is 9.47 Å². The number of carbonyl (C=O) groups is 2. The second kappa shape index (κ2) is 10.1. The van der Waals surface area contributed by atoms with Crippen molar-refractivity contribution in [3.8, 4) is 11.5 Å². The van der Waals surface area contributed by atoms with Crippen LogP contribution in [0.15, 0.2) is 72.8 Å². The molecule has 170 valence electrons. The summed E-state index contributed by atoms with van der Waals surface area (Å²) < 4.78 is 10.7. The predicted molar refractivity (Wildman–Crippen MR) is 128 cm³/mol. The lowest BCUT2D eigenvalue weighted by Crippen LogP contribution is -2.34. The summed E-state index contributed by atoms with van der Waals surface area (Å²) in [7, 11) is 3.62. The minimum atomic E-state index is -0.282. The third kappa shape index (κ3) is 5.44. The van der Waals surface area contributed by atoms with Crippen molar-refractivity contribution in [2.24, 2.45) is 0 Å². The van der Waals surface area contributed by atoms with Gasteiger partial charge in [-0.15, -0.1) is 0 Å². The number of amides is 2. The van der Waals surface area contributed by atoms with Gasteiger partial charge in [0.1, 0.15) is 11.5 Å². The number of ether oxygens (including phenoxy) is 2. The molecule has 0 unspecified atom stereocenters. The molecule has 0 aliphatic carbocycles. The normalized spacial score (nSPS) is 13.0. The van der Waals surface area contributed by atoms with Crippen molar-refractivity contribution in [1.29, 1.82) is 0 Å². The van der Waals surface area contributed by atoms with E-state index in [1.54, 1.807) is 55.6 Å². The van der Waals surface area contributed by atoms with E-state index in [-0.39, 0.29) is 18.4 Å². The summed E-state index contributed by atoms with van der Waals surface area (Å²) in [6.45, 7) is 1.85. The van der Waals surface area contributed by atoms with E-state index in [0.29, 0.717) is 35.8 Å². The Morgan fingerprint density at radius 1 is 0.939 bits per heavy atom. The lowest BCUT2D eigenvalue weighted by Gasteiger charge is -2.21. The highest BCUT2D eigenvalue weighted by Crippen LogP contribution is 2.25. The van der Waals surface area contributed by atoms with Crippen molar-refractivity contribution >= 4 is 23.2 Å². The molecule has 0 atom stereocenters. The Morgan fingerprint density at radius 2 is 1.73 bits per heavy atom. The van der Waals surface area contributed by atoms with Crippen molar-refractivity contribution in [3.63, 3.8) is 0 Å². The van der Waals surface area contributed by atoms with Crippen molar-refractivity contribution in [2.45, 2.75) is 6.54 Å². The maximum atomic E-state index is 13.1. The molecule has 0 bridgehead atoms. The molecule has 2 amide bonds. The minimum absolute atomic E-state index is 0.0255.